The first-order valence-corrected chi connectivity index (χ1v) is 9.76. The largest absolute Gasteiger partial charge is 0.496 e. The molecular formula is C21H27BrNO2+. The van der Waals surface area contributed by atoms with Crippen molar-refractivity contribution in [1.29, 1.82) is 0 Å². The van der Waals surface area contributed by atoms with Crippen LogP contribution in [-0.2, 0) is 13.0 Å². The second-order valence-corrected chi connectivity index (χ2v) is 7.71. The fourth-order valence-corrected chi connectivity index (χ4v) is 4.30. The average Bonchev–Trinajstić information content (AvgIpc) is 2.64. The van der Waals surface area contributed by atoms with Gasteiger partial charge in [0.15, 0.2) is 0 Å². The fraction of sp³-hybridized carbons (Fsp3) is 0.429. The lowest BCUT2D eigenvalue weighted by atomic mass is 9.90. The Bertz CT molecular complexity index is 682. The summed E-state index contributed by atoms with van der Waals surface area (Å²) in [6, 6.07) is 15.0. The van der Waals surface area contributed by atoms with Gasteiger partial charge in [-0.1, -0.05) is 30.3 Å². The molecule has 2 aromatic carbocycles. The highest BCUT2D eigenvalue weighted by atomic mass is 79.9. The molecule has 2 aromatic rings. The number of ether oxygens (including phenoxy) is 2. The zero-order valence-electron chi connectivity index (χ0n) is 15.1. The van der Waals surface area contributed by atoms with Crippen LogP contribution in [0.3, 0.4) is 0 Å². The SMILES string of the molecule is COc1cc(OC)c(C[NH+]2CCC(Cc3ccccc3)CC2)cc1Br. The smallest absolute Gasteiger partial charge is 0.136 e. The number of benzene rings is 2. The Kier molecular flexibility index (Phi) is 6.38. The van der Waals surface area contributed by atoms with Crippen molar-refractivity contribution in [2.75, 3.05) is 27.3 Å². The van der Waals surface area contributed by atoms with Crippen LogP contribution in [0.15, 0.2) is 46.9 Å². The number of piperidine rings is 1. The van der Waals surface area contributed by atoms with E-state index in [2.05, 4.69) is 52.3 Å². The summed E-state index contributed by atoms with van der Waals surface area (Å²) in [5.41, 5.74) is 2.71. The predicted octanol–water partition coefficient (Wildman–Crippen LogP) is 3.50. The molecular weight excluding hydrogens is 378 g/mol. The highest BCUT2D eigenvalue weighted by Gasteiger charge is 2.24. The molecule has 3 rings (SSSR count). The first kappa shape index (κ1) is 18.3. The average molecular weight is 405 g/mol. The zero-order valence-corrected chi connectivity index (χ0v) is 16.6. The molecule has 25 heavy (non-hydrogen) atoms. The van der Waals surface area contributed by atoms with Crippen molar-refractivity contribution in [1.82, 2.24) is 0 Å². The third-order valence-electron chi connectivity index (χ3n) is 5.17. The lowest BCUT2D eigenvalue weighted by molar-refractivity contribution is -0.919. The van der Waals surface area contributed by atoms with E-state index in [-0.39, 0.29) is 0 Å². The Hall–Kier alpha value is -1.52. The summed E-state index contributed by atoms with van der Waals surface area (Å²) in [5.74, 6) is 2.55. The third-order valence-corrected chi connectivity index (χ3v) is 5.79. The number of quaternary nitrogens is 1. The quantitative estimate of drug-likeness (QED) is 0.795. The Labute approximate surface area is 159 Å². The van der Waals surface area contributed by atoms with Crippen LogP contribution in [0.2, 0.25) is 0 Å². The van der Waals surface area contributed by atoms with E-state index in [4.69, 9.17) is 9.47 Å². The number of hydrogen-bond donors (Lipinski definition) is 1. The summed E-state index contributed by atoms with van der Waals surface area (Å²) in [7, 11) is 3.41. The second kappa shape index (κ2) is 8.72. The molecule has 0 bridgehead atoms. The van der Waals surface area contributed by atoms with Crippen molar-refractivity contribution in [2.24, 2.45) is 5.92 Å². The molecule has 0 spiro atoms. The third kappa shape index (κ3) is 4.77. The Balaban J connectivity index is 1.58. The Morgan fingerprint density at radius 3 is 2.32 bits per heavy atom. The van der Waals surface area contributed by atoms with E-state index in [0.717, 1.165) is 28.4 Å². The first-order valence-electron chi connectivity index (χ1n) is 8.97. The number of nitrogens with one attached hydrogen (secondary N) is 1. The normalized spacial score (nSPS) is 20.3. The van der Waals surface area contributed by atoms with E-state index in [1.807, 2.05) is 6.07 Å². The molecule has 1 aliphatic heterocycles. The molecule has 4 heteroatoms. The van der Waals surface area contributed by atoms with E-state index < -0.39 is 0 Å². The van der Waals surface area contributed by atoms with E-state index in [1.54, 1.807) is 19.1 Å². The van der Waals surface area contributed by atoms with Crippen LogP contribution in [0.5, 0.6) is 11.5 Å². The maximum absolute atomic E-state index is 5.57. The highest BCUT2D eigenvalue weighted by molar-refractivity contribution is 9.10. The van der Waals surface area contributed by atoms with Crippen molar-refractivity contribution in [3.05, 3.63) is 58.1 Å². The summed E-state index contributed by atoms with van der Waals surface area (Å²) in [5, 5.41) is 0. The fourth-order valence-electron chi connectivity index (χ4n) is 3.74. The summed E-state index contributed by atoms with van der Waals surface area (Å²) >= 11 is 3.59. The molecule has 1 heterocycles. The van der Waals surface area contributed by atoms with Gasteiger partial charge in [0.05, 0.1) is 31.8 Å². The van der Waals surface area contributed by atoms with Crippen LogP contribution < -0.4 is 14.4 Å². The lowest BCUT2D eigenvalue weighted by Crippen LogP contribution is -3.11. The van der Waals surface area contributed by atoms with Gasteiger partial charge in [0.1, 0.15) is 18.0 Å². The van der Waals surface area contributed by atoms with E-state index in [1.165, 1.54) is 43.5 Å². The monoisotopic (exact) mass is 404 g/mol. The van der Waals surface area contributed by atoms with Gasteiger partial charge in [-0.25, -0.2) is 0 Å². The van der Waals surface area contributed by atoms with Gasteiger partial charge in [-0.15, -0.1) is 0 Å². The number of halogens is 1. The Morgan fingerprint density at radius 1 is 1.00 bits per heavy atom. The van der Waals surface area contributed by atoms with Crippen LogP contribution in [0.25, 0.3) is 0 Å². The predicted molar refractivity (Wildman–Crippen MR) is 105 cm³/mol. The van der Waals surface area contributed by atoms with Gasteiger partial charge in [0.25, 0.3) is 0 Å². The summed E-state index contributed by atoms with van der Waals surface area (Å²) in [6.45, 7) is 3.46. The molecule has 0 radical (unpaired) electrons. The molecule has 1 fully saturated rings. The maximum atomic E-state index is 5.57. The first-order chi connectivity index (χ1) is 12.2. The van der Waals surface area contributed by atoms with Crippen molar-refractivity contribution in [3.8, 4) is 11.5 Å². The summed E-state index contributed by atoms with van der Waals surface area (Å²) in [6.07, 6.45) is 3.80. The van der Waals surface area contributed by atoms with Crippen LogP contribution >= 0.6 is 15.9 Å². The van der Waals surface area contributed by atoms with Crippen molar-refractivity contribution >= 4 is 15.9 Å². The molecule has 0 saturated carbocycles. The van der Waals surface area contributed by atoms with Gasteiger partial charge in [-0.3, -0.25) is 0 Å². The lowest BCUT2D eigenvalue weighted by Gasteiger charge is -2.30. The van der Waals surface area contributed by atoms with Crippen LogP contribution in [-0.4, -0.2) is 27.3 Å². The Morgan fingerprint density at radius 2 is 1.68 bits per heavy atom. The number of likely N-dealkylation sites (tertiary alicyclic amines) is 1. The molecule has 0 atom stereocenters. The molecule has 134 valence electrons. The zero-order chi connectivity index (χ0) is 17.6. The van der Waals surface area contributed by atoms with Gasteiger partial charge < -0.3 is 14.4 Å². The van der Waals surface area contributed by atoms with Gasteiger partial charge in [0.2, 0.25) is 0 Å². The second-order valence-electron chi connectivity index (χ2n) is 6.86. The molecule has 1 aliphatic rings. The van der Waals surface area contributed by atoms with Crippen LogP contribution in [0.1, 0.15) is 24.0 Å². The van der Waals surface area contributed by atoms with Crippen molar-refractivity contribution in [3.63, 3.8) is 0 Å². The van der Waals surface area contributed by atoms with Gasteiger partial charge in [-0.05, 0) is 52.7 Å². The molecule has 1 N–H and O–H groups in total. The molecule has 0 aliphatic carbocycles. The minimum atomic E-state index is 0.815. The molecule has 3 nitrogen and oxygen atoms in total. The number of rotatable bonds is 6. The standard InChI is InChI=1S/C21H26BrNO2/c1-24-20-14-21(25-2)19(22)13-18(20)15-23-10-8-17(9-11-23)12-16-6-4-3-5-7-16/h3-7,13-14,17H,8-12,15H2,1-2H3/p+1. The number of methoxy groups -OCH3 is 2. The summed E-state index contributed by atoms with van der Waals surface area (Å²) < 4.78 is 11.9. The van der Waals surface area contributed by atoms with Crippen molar-refractivity contribution in [2.45, 2.75) is 25.8 Å². The minimum Gasteiger partial charge on any atom is -0.496 e. The molecule has 1 saturated heterocycles. The van der Waals surface area contributed by atoms with Gasteiger partial charge >= 0.3 is 0 Å². The van der Waals surface area contributed by atoms with Crippen LogP contribution in [0, 0.1) is 5.92 Å². The summed E-state index contributed by atoms with van der Waals surface area (Å²) in [4.78, 5) is 1.64. The van der Waals surface area contributed by atoms with Crippen molar-refractivity contribution < 1.29 is 14.4 Å². The highest BCUT2D eigenvalue weighted by Crippen LogP contribution is 2.32. The topological polar surface area (TPSA) is 22.9 Å². The molecule has 0 amide bonds. The molecule has 0 aromatic heterocycles. The van der Waals surface area contributed by atoms with E-state index >= 15 is 0 Å². The van der Waals surface area contributed by atoms with E-state index in [0.29, 0.717) is 0 Å². The van der Waals surface area contributed by atoms with Crippen LogP contribution in [0.4, 0.5) is 0 Å². The van der Waals surface area contributed by atoms with E-state index in [9.17, 15) is 0 Å². The van der Waals surface area contributed by atoms with Gasteiger partial charge in [0, 0.05) is 11.6 Å². The minimum absolute atomic E-state index is 0.815. The number of hydrogen-bond acceptors (Lipinski definition) is 2. The molecule has 0 unspecified atom stereocenters. The van der Waals surface area contributed by atoms with Gasteiger partial charge in [-0.2, -0.15) is 0 Å². The maximum Gasteiger partial charge on any atom is 0.136 e.